The van der Waals surface area contributed by atoms with Crippen molar-refractivity contribution in [1.29, 1.82) is 0 Å². The van der Waals surface area contributed by atoms with Gasteiger partial charge in [0.05, 0.1) is 28.0 Å². The Bertz CT molecular complexity index is 1290. The van der Waals surface area contributed by atoms with Gasteiger partial charge in [-0.15, -0.1) is 10.2 Å². The summed E-state index contributed by atoms with van der Waals surface area (Å²) >= 11 is 1.25. The number of likely N-dealkylation sites (tertiary alicyclic amines) is 1. The first-order valence-corrected chi connectivity index (χ1v) is 11.2. The highest BCUT2D eigenvalue weighted by Gasteiger charge is 2.20. The third kappa shape index (κ3) is 4.07. The van der Waals surface area contributed by atoms with E-state index in [1.165, 1.54) is 23.1 Å². The minimum atomic E-state index is -2.82. The molecule has 0 amide bonds. The van der Waals surface area contributed by atoms with Crippen LogP contribution in [0.4, 0.5) is 8.78 Å². The topological polar surface area (TPSA) is 77.0 Å². The molecule has 4 aromatic rings. The van der Waals surface area contributed by atoms with Gasteiger partial charge in [0.15, 0.2) is 0 Å². The fourth-order valence-corrected chi connectivity index (χ4v) is 5.01. The average Bonchev–Trinajstić information content (AvgIpc) is 3.40. The molecular formula is C22H21F2N5O2S. The van der Waals surface area contributed by atoms with Gasteiger partial charge in [0.25, 0.3) is 5.89 Å². The van der Waals surface area contributed by atoms with E-state index >= 15 is 0 Å². The van der Waals surface area contributed by atoms with Gasteiger partial charge in [-0.1, -0.05) is 17.4 Å². The lowest BCUT2D eigenvalue weighted by Gasteiger charge is -2.29. The highest BCUT2D eigenvalue weighted by atomic mass is 32.1. The van der Waals surface area contributed by atoms with Crippen molar-refractivity contribution in [1.82, 2.24) is 24.6 Å². The summed E-state index contributed by atoms with van der Waals surface area (Å²) in [5, 5.41) is 6.95. The summed E-state index contributed by atoms with van der Waals surface area (Å²) in [4.78, 5) is 19.3. The second kappa shape index (κ2) is 8.51. The van der Waals surface area contributed by atoms with Crippen molar-refractivity contribution in [2.45, 2.75) is 31.7 Å². The molecule has 0 bridgehead atoms. The SMILES string of the molecule is CN1CCC(c2ccc3c(c2)sc(=O)n3Cc2ccc(-c3nnc(C(F)F)o3)cn2)CC1. The number of pyridine rings is 1. The van der Waals surface area contributed by atoms with Gasteiger partial charge in [-0.25, -0.2) is 0 Å². The van der Waals surface area contributed by atoms with Crippen LogP contribution in [0.3, 0.4) is 0 Å². The first kappa shape index (κ1) is 20.9. The fraction of sp³-hybridized carbons (Fsp3) is 0.364. The van der Waals surface area contributed by atoms with E-state index in [2.05, 4.69) is 39.3 Å². The number of thiazole rings is 1. The first-order valence-electron chi connectivity index (χ1n) is 10.4. The molecule has 1 aromatic carbocycles. The zero-order valence-electron chi connectivity index (χ0n) is 17.4. The smallest absolute Gasteiger partial charge is 0.314 e. The Morgan fingerprint density at radius 2 is 2.00 bits per heavy atom. The summed E-state index contributed by atoms with van der Waals surface area (Å²) in [7, 11) is 2.15. The summed E-state index contributed by atoms with van der Waals surface area (Å²) in [6, 6.07) is 9.71. The fourth-order valence-electron chi connectivity index (χ4n) is 4.07. The van der Waals surface area contributed by atoms with Crippen LogP contribution in [0.1, 0.15) is 42.3 Å². The van der Waals surface area contributed by atoms with Crippen molar-refractivity contribution in [3.05, 3.63) is 63.3 Å². The molecule has 5 rings (SSSR count). The second-order valence-corrected chi connectivity index (χ2v) is 9.04. The molecule has 166 valence electrons. The third-order valence-electron chi connectivity index (χ3n) is 5.90. The predicted octanol–water partition coefficient (Wildman–Crippen LogP) is 4.30. The van der Waals surface area contributed by atoms with Crippen LogP contribution < -0.4 is 4.87 Å². The van der Waals surface area contributed by atoms with E-state index in [-0.39, 0.29) is 10.8 Å². The van der Waals surface area contributed by atoms with E-state index in [0.29, 0.717) is 23.7 Å². The number of hydrogen-bond donors (Lipinski definition) is 0. The lowest BCUT2D eigenvalue weighted by atomic mass is 9.89. The number of benzene rings is 1. The van der Waals surface area contributed by atoms with Gasteiger partial charge in [0, 0.05) is 6.20 Å². The normalized spacial score (nSPS) is 15.8. The lowest BCUT2D eigenvalue weighted by Crippen LogP contribution is -2.29. The number of aromatic nitrogens is 4. The maximum absolute atomic E-state index is 12.7. The van der Waals surface area contributed by atoms with Gasteiger partial charge >= 0.3 is 11.3 Å². The quantitative estimate of drug-likeness (QED) is 0.445. The van der Waals surface area contributed by atoms with E-state index in [1.807, 2.05) is 6.07 Å². The van der Waals surface area contributed by atoms with E-state index in [4.69, 9.17) is 4.42 Å². The Balaban J connectivity index is 1.36. The Morgan fingerprint density at radius 3 is 2.69 bits per heavy atom. The Labute approximate surface area is 186 Å². The molecule has 0 N–H and O–H groups in total. The van der Waals surface area contributed by atoms with Crippen LogP contribution in [-0.2, 0) is 6.54 Å². The van der Waals surface area contributed by atoms with Crippen LogP contribution >= 0.6 is 11.3 Å². The van der Waals surface area contributed by atoms with Crippen LogP contribution in [0.15, 0.2) is 45.7 Å². The molecule has 7 nitrogen and oxygen atoms in total. The van der Waals surface area contributed by atoms with E-state index in [1.54, 1.807) is 16.7 Å². The minimum Gasteiger partial charge on any atom is -0.415 e. The van der Waals surface area contributed by atoms with Gasteiger partial charge in [-0.2, -0.15) is 8.78 Å². The number of fused-ring (bicyclic) bond motifs is 1. The van der Waals surface area contributed by atoms with Crippen LogP contribution in [0.5, 0.6) is 0 Å². The molecule has 0 atom stereocenters. The largest absolute Gasteiger partial charge is 0.415 e. The van der Waals surface area contributed by atoms with Crippen LogP contribution in [0.25, 0.3) is 21.7 Å². The van der Waals surface area contributed by atoms with Crippen molar-refractivity contribution in [2.75, 3.05) is 20.1 Å². The molecule has 0 unspecified atom stereocenters. The number of piperidine rings is 1. The van der Waals surface area contributed by atoms with Crippen molar-refractivity contribution in [2.24, 2.45) is 0 Å². The van der Waals surface area contributed by atoms with Crippen molar-refractivity contribution >= 4 is 21.6 Å². The van der Waals surface area contributed by atoms with Crippen molar-refractivity contribution in [3.8, 4) is 11.5 Å². The average molecular weight is 458 g/mol. The molecule has 3 aromatic heterocycles. The van der Waals surface area contributed by atoms with Gasteiger partial charge in [0.2, 0.25) is 5.89 Å². The highest BCUT2D eigenvalue weighted by molar-refractivity contribution is 7.16. The Morgan fingerprint density at radius 1 is 1.19 bits per heavy atom. The van der Waals surface area contributed by atoms with E-state index in [0.717, 1.165) is 36.1 Å². The standard InChI is InChI=1S/C22H21F2N5O2S/c1-28-8-6-13(7-9-28)14-3-5-17-18(10-14)32-22(30)29(17)12-16-4-2-15(11-25-16)20-26-27-21(31-20)19(23)24/h2-5,10-11,13,19H,6-9,12H2,1H3. The van der Waals surface area contributed by atoms with E-state index in [9.17, 15) is 13.6 Å². The molecule has 32 heavy (non-hydrogen) atoms. The lowest BCUT2D eigenvalue weighted by molar-refractivity contribution is 0.116. The number of alkyl halides is 2. The molecule has 4 heterocycles. The zero-order chi connectivity index (χ0) is 22.2. The number of halogens is 2. The molecule has 0 radical (unpaired) electrons. The summed E-state index contributed by atoms with van der Waals surface area (Å²) in [6.07, 6.45) is 0.928. The number of nitrogens with zero attached hydrogens (tertiary/aromatic N) is 5. The molecule has 1 saturated heterocycles. The predicted molar refractivity (Wildman–Crippen MR) is 117 cm³/mol. The van der Waals surface area contributed by atoms with Crippen molar-refractivity contribution < 1.29 is 13.2 Å². The minimum absolute atomic E-state index is 0.0149. The summed E-state index contributed by atoms with van der Waals surface area (Å²) in [5.74, 6) is -0.204. The number of rotatable bonds is 5. The van der Waals surface area contributed by atoms with Gasteiger partial charge in [-0.3, -0.25) is 14.3 Å². The van der Waals surface area contributed by atoms with Crippen LogP contribution in [0.2, 0.25) is 0 Å². The molecule has 0 spiro atoms. The third-order valence-corrected chi connectivity index (χ3v) is 6.84. The molecule has 1 aliphatic rings. The Hall–Kier alpha value is -2.98. The van der Waals surface area contributed by atoms with E-state index < -0.39 is 12.3 Å². The molecule has 10 heteroatoms. The molecular weight excluding hydrogens is 436 g/mol. The summed E-state index contributed by atoms with van der Waals surface area (Å²) in [6.45, 7) is 2.50. The van der Waals surface area contributed by atoms with Crippen LogP contribution in [0, 0.1) is 0 Å². The molecule has 1 aliphatic heterocycles. The molecule has 1 fully saturated rings. The highest BCUT2D eigenvalue weighted by Crippen LogP contribution is 2.31. The summed E-state index contributed by atoms with van der Waals surface area (Å²) in [5.41, 5.74) is 3.30. The zero-order valence-corrected chi connectivity index (χ0v) is 18.2. The molecule has 0 saturated carbocycles. The summed E-state index contributed by atoms with van der Waals surface area (Å²) < 4.78 is 32.9. The van der Waals surface area contributed by atoms with Gasteiger partial charge < -0.3 is 9.32 Å². The monoisotopic (exact) mass is 457 g/mol. The van der Waals surface area contributed by atoms with Crippen LogP contribution in [-0.4, -0.2) is 44.8 Å². The second-order valence-electron chi connectivity index (χ2n) is 8.04. The maximum Gasteiger partial charge on any atom is 0.314 e. The Kier molecular flexibility index (Phi) is 5.56. The van der Waals surface area contributed by atoms with Gasteiger partial charge in [0.1, 0.15) is 0 Å². The molecule has 0 aliphatic carbocycles. The maximum atomic E-state index is 12.7. The van der Waals surface area contributed by atoms with Gasteiger partial charge in [-0.05, 0) is 68.7 Å². The van der Waals surface area contributed by atoms with Crippen molar-refractivity contribution in [3.63, 3.8) is 0 Å². The number of hydrogen-bond acceptors (Lipinski definition) is 7. The first-order chi connectivity index (χ1) is 15.5.